The average molecular weight is 666 g/mol. The average Bonchev–Trinajstić information content (AvgIpc) is 3.50. The number of carbonyl (C=O) groups excluding carboxylic acids is 3. The van der Waals surface area contributed by atoms with E-state index < -0.39 is 48.6 Å². The molecule has 2 aromatic carbocycles. The number of ether oxygens (including phenoxy) is 8. The summed E-state index contributed by atoms with van der Waals surface area (Å²) in [7, 11) is 3.22. The lowest BCUT2D eigenvalue weighted by Crippen LogP contribution is -2.62. The molecule has 0 bridgehead atoms. The van der Waals surface area contributed by atoms with Gasteiger partial charge in [0.1, 0.15) is 0 Å². The van der Waals surface area contributed by atoms with E-state index in [1.165, 1.54) is 27.9 Å². The Balaban J connectivity index is 1.52. The summed E-state index contributed by atoms with van der Waals surface area (Å²) in [6, 6.07) is 6.77. The number of pyridine rings is 2. The Labute approximate surface area is 273 Å². The van der Waals surface area contributed by atoms with Gasteiger partial charge in [-0.3, -0.25) is 24.2 Å². The van der Waals surface area contributed by atoms with Gasteiger partial charge in [0.2, 0.25) is 19.2 Å². The molecule has 2 aliphatic rings. The van der Waals surface area contributed by atoms with E-state index in [4.69, 9.17) is 37.9 Å². The lowest BCUT2D eigenvalue weighted by atomic mass is 9.98. The zero-order valence-corrected chi connectivity index (χ0v) is 27.2. The number of aromatic nitrogens is 2. The van der Waals surface area contributed by atoms with E-state index in [9.17, 15) is 19.2 Å². The van der Waals surface area contributed by atoms with Crippen LogP contribution in [0.4, 0.5) is 0 Å². The van der Waals surface area contributed by atoms with Crippen LogP contribution in [0.5, 0.6) is 23.0 Å². The van der Waals surface area contributed by atoms with E-state index in [0.29, 0.717) is 57.2 Å². The Kier molecular flexibility index (Phi) is 8.99. The minimum Gasteiger partial charge on any atom is -0.493 e. The Morgan fingerprint density at radius 2 is 1.52 bits per heavy atom. The highest BCUT2D eigenvalue weighted by molar-refractivity contribution is 6.15. The molecule has 48 heavy (non-hydrogen) atoms. The molecule has 2 aromatic heterocycles. The van der Waals surface area contributed by atoms with Gasteiger partial charge in [0, 0.05) is 62.3 Å². The first-order valence-electron chi connectivity index (χ1n) is 15.3. The highest BCUT2D eigenvalue weighted by Gasteiger charge is 2.51. The van der Waals surface area contributed by atoms with Gasteiger partial charge in [-0.1, -0.05) is 0 Å². The number of carbonyl (C=O) groups is 3. The van der Waals surface area contributed by atoms with Gasteiger partial charge in [-0.15, -0.1) is 0 Å². The van der Waals surface area contributed by atoms with Gasteiger partial charge in [0.15, 0.2) is 35.2 Å². The minimum absolute atomic E-state index is 0.0791. The van der Waals surface area contributed by atoms with Crippen molar-refractivity contribution < 1.29 is 52.3 Å². The van der Waals surface area contributed by atoms with Crippen molar-refractivity contribution in [3.05, 3.63) is 40.8 Å². The minimum atomic E-state index is -1.35. The molecule has 1 N–H and O–H groups in total. The van der Waals surface area contributed by atoms with Crippen LogP contribution in [0.15, 0.2) is 35.3 Å². The van der Waals surface area contributed by atoms with Crippen molar-refractivity contribution >= 4 is 50.5 Å². The van der Waals surface area contributed by atoms with Gasteiger partial charge in [-0.25, -0.2) is 0 Å². The molecule has 15 heteroatoms. The molecule has 0 unspecified atom stereocenters. The predicted molar refractivity (Wildman–Crippen MR) is 169 cm³/mol. The van der Waals surface area contributed by atoms with E-state index in [-0.39, 0.29) is 23.9 Å². The largest absolute Gasteiger partial charge is 0.493 e. The lowest BCUT2D eigenvalue weighted by molar-refractivity contribution is -0.280. The molecule has 6 rings (SSSR count). The lowest BCUT2D eigenvalue weighted by Gasteiger charge is -2.43. The van der Waals surface area contributed by atoms with Crippen LogP contribution in [0.2, 0.25) is 0 Å². The zero-order chi connectivity index (χ0) is 34.3. The first kappa shape index (κ1) is 32.8. The molecule has 5 atom stereocenters. The van der Waals surface area contributed by atoms with Crippen molar-refractivity contribution in [3.63, 3.8) is 0 Å². The molecule has 4 aromatic rings. The Hall–Kier alpha value is -5.15. The SMILES string of the molecule is CNCCn1c(=O)c2cc(OC)c(O[C@@H]3O[C@@H](C)[C@@H](OC(C)=O)[C@@H](OC(C)=O)[C@@H]3OC(C)=O)cc2c2cnc3cc4c(cc3c21)OCO4. The van der Waals surface area contributed by atoms with Crippen LogP contribution in [-0.2, 0) is 39.9 Å². The maximum absolute atomic E-state index is 14.2. The number of hydrogen-bond acceptors (Lipinski definition) is 14. The Bertz CT molecular complexity index is 1990. The summed E-state index contributed by atoms with van der Waals surface area (Å²) < 4.78 is 47.4. The quantitative estimate of drug-likeness (QED) is 0.157. The molecule has 254 valence electrons. The highest BCUT2D eigenvalue weighted by atomic mass is 16.7. The molecule has 4 heterocycles. The second kappa shape index (κ2) is 13.2. The number of benzene rings is 2. The number of nitrogens with one attached hydrogen (secondary N) is 1. The van der Waals surface area contributed by atoms with Crippen molar-refractivity contribution in [1.29, 1.82) is 0 Å². The van der Waals surface area contributed by atoms with Gasteiger partial charge in [0.05, 0.1) is 29.6 Å². The normalized spacial score (nSPS) is 21.7. The number of fused-ring (bicyclic) bond motifs is 6. The van der Waals surface area contributed by atoms with Gasteiger partial charge >= 0.3 is 17.9 Å². The molecule has 0 aliphatic carbocycles. The zero-order valence-electron chi connectivity index (χ0n) is 27.2. The fourth-order valence-electron chi connectivity index (χ4n) is 6.14. The maximum Gasteiger partial charge on any atom is 0.303 e. The molecular weight excluding hydrogens is 630 g/mol. The molecule has 0 radical (unpaired) electrons. The monoisotopic (exact) mass is 665 g/mol. The van der Waals surface area contributed by atoms with E-state index in [2.05, 4.69) is 10.3 Å². The van der Waals surface area contributed by atoms with Crippen molar-refractivity contribution in [2.24, 2.45) is 0 Å². The van der Waals surface area contributed by atoms with E-state index in [1.807, 2.05) is 6.07 Å². The second-order valence-corrected chi connectivity index (χ2v) is 11.4. The fourth-order valence-corrected chi connectivity index (χ4v) is 6.14. The first-order chi connectivity index (χ1) is 23.0. The molecule has 2 aliphatic heterocycles. The second-order valence-electron chi connectivity index (χ2n) is 11.4. The van der Waals surface area contributed by atoms with Crippen molar-refractivity contribution in [3.8, 4) is 23.0 Å². The summed E-state index contributed by atoms with van der Waals surface area (Å²) in [4.78, 5) is 55.2. The molecule has 0 spiro atoms. The summed E-state index contributed by atoms with van der Waals surface area (Å²) in [6.45, 7) is 6.10. The summed E-state index contributed by atoms with van der Waals surface area (Å²) >= 11 is 0. The van der Waals surface area contributed by atoms with E-state index >= 15 is 0 Å². The molecular formula is C33H35N3O12. The molecule has 15 nitrogen and oxygen atoms in total. The van der Waals surface area contributed by atoms with Crippen molar-refractivity contribution in [2.45, 2.75) is 64.9 Å². The molecule has 0 amide bonds. The smallest absolute Gasteiger partial charge is 0.303 e. The summed E-state index contributed by atoms with van der Waals surface area (Å²) in [5, 5.41) is 5.27. The molecule has 1 fully saturated rings. The number of esters is 3. The third kappa shape index (κ3) is 6.02. The van der Waals surface area contributed by atoms with Crippen molar-refractivity contribution in [1.82, 2.24) is 14.9 Å². The Morgan fingerprint density at radius 3 is 2.19 bits per heavy atom. The van der Waals surface area contributed by atoms with Crippen molar-refractivity contribution in [2.75, 3.05) is 27.5 Å². The summed E-state index contributed by atoms with van der Waals surface area (Å²) in [5.41, 5.74) is 0.963. The number of methoxy groups -OCH3 is 1. The maximum atomic E-state index is 14.2. The number of rotatable bonds is 9. The van der Waals surface area contributed by atoms with Gasteiger partial charge in [-0.2, -0.15) is 0 Å². The van der Waals surface area contributed by atoms with Crippen LogP contribution in [0.1, 0.15) is 27.7 Å². The number of hydrogen-bond donors (Lipinski definition) is 1. The first-order valence-corrected chi connectivity index (χ1v) is 15.3. The summed E-state index contributed by atoms with van der Waals surface area (Å²) in [5.74, 6) is -0.658. The van der Waals surface area contributed by atoms with Crippen LogP contribution < -0.4 is 29.8 Å². The van der Waals surface area contributed by atoms with Crippen LogP contribution >= 0.6 is 0 Å². The number of likely N-dealkylation sites (N-methyl/N-ethyl adjacent to an activating group) is 1. The van der Waals surface area contributed by atoms with Crippen LogP contribution in [0, 0.1) is 0 Å². The van der Waals surface area contributed by atoms with Gasteiger partial charge < -0.3 is 47.8 Å². The van der Waals surface area contributed by atoms with E-state index in [0.717, 1.165) is 0 Å². The van der Waals surface area contributed by atoms with Crippen LogP contribution in [0.25, 0.3) is 32.6 Å². The molecule has 1 saturated heterocycles. The van der Waals surface area contributed by atoms with E-state index in [1.54, 1.807) is 42.9 Å². The fraction of sp³-hybridized carbons (Fsp3) is 0.424. The summed E-state index contributed by atoms with van der Waals surface area (Å²) in [6.07, 6.45) is -4.26. The predicted octanol–water partition coefficient (Wildman–Crippen LogP) is 2.58. The topological polar surface area (TPSA) is 172 Å². The van der Waals surface area contributed by atoms with Gasteiger partial charge in [0.25, 0.3) is 5.56 Å². The third-order valence-electron chi connectivity index (χ3n) is 8.14. The van der Waals surface area contributed by atoms with Crippen LogP contribution in [-0.4, -0.2) is 85.7 Å². The highest BCUT2D eigenvalue weighted by Crippen LogP contribution is 2.41. The van der Waals surface area contributed by atoms with Gasteiger partial charge in [-0.05, 0) is 32.2 Å². The number of nitrogens with zero attached hydrogens (tertiary/aromatic N) is 2. The third-order valence-corrected chi connectivity index (χ3v) is 8.14. The van der Waals surface area contributed by atoms with Crippen LogP contribution in [0.3, 0.4) is 0 Å². The standard InChI is InChI=1S/C33H35N3O12/c1-15-29(45-16(2)37)30(46-17(3)38)31(47-18(4)39)33(44-15)48-27-9-19-20(10-24(27)41-6)32(40)36(8-7-34-5)28-21-11-25-26(43-14-42-25)12-23(21)35-13-22(19)28/h9-13,15,29-31,33-34H,7-8,14H2,1-6H3/t15-,29+,30+,31-,33-/m0/s1. The molecule has 0 saturated carbocycles. The Morgan fingerprint density at radius 1 is 0.875 bits per heavy atom.